The van der Waals surface area contributed by atoms with Crippen LogP contribution in [0.3, 0.4) is 0 Å². The lowest BCUT2D eigenvalue weighted by molar-refractivity contribution is -0.137. The molecular weight excluding hydrogens is 324 g/mol. The van der Waals surface area contributed by atoms with Crippen LogP contribution in [-0.2, 0) is 11.0 Å². The molecule has 1 heterocycles. The van der Waals surface area contributed by atoms with Gasteiger partial charge in [-0.25, -0.2) is 4.39 Å². The van der Waals surface area contributed by atoms with Crippen LogP contribution in [0.4, 0.5) is 17.6 Å². The van der Waals surface area contributed by atoms with Crippen LogP contribution in [-0.4, -0.2) is 18.5 Å². The van der Waals surface area contributed by atoms with Gasteiger partial charge in [0.15, 0.2) is 0 Å². The van der Waals surface area contributed by atoms with E-state index in [-0.39, 0.29) is 23.4 Å². The Hall–Kier alpha value is -1.63. The molecule has 0 bridgehead atoms. The topological polar surface area (TPSA) is 41.1 Å². The molecule has 1 saturated carbocycles. The number of amides is 1. The number of hydrogen-bond acceptors (Lipinski definition) is 2. The van der Waals surface area contributed by atoms with Crippen LogP contribution in [0.15, 0.2) is 18.2 Å². The summed E-state index contributed by atoms with van der Waals surface area (Å²) in [6, 6.07) is 1.66. The first-order chi connectivity index (χ1) is 11.4. The summed E-state index contributed by atoms with van der Waals surface area (Å²) in [7, 11) is 0. The number of carbonyl (C=O) groups is 1. The highest BCUT2D eigenvalue weighted by Crippen LogP contribution is 2.42. The summed E-state index contributed by atoms with van der Waals surface area (Å²) in [4.78, 5) is 12.4. The SMILES string of the molecule is O=C(N[C@@H](c1ccc(C(F)(F)F)cc1F)C1CC1)C1CCCCN1. The Kier molecular flexibility index (Phi) is 4.80. The minimum Gasteiger partial charge on any atom is -0.348 e. The Morgan fingerprint density at radius 2 is 1.96 bits per heavy atom. The molecule has 1 aliphatic heterocycles. The fourth-order valence-electron chi connectivity index (χ4n) is 3.16. The standard InChI is InChI=1S/C17H20F4N2O/c18-13-9-11(17(19,20)21)6-7-12(13)15(10-4-5-10)23-16(24)14-3-1-2-8-22-14/h6-7,9-10,14-15,22H,1-5,8H2,(H,23,24)/t14?,15-/m1/s1. The number of benzene rings is 1. The molecule has 0 aromatic heterocycles. The largest absolute Gasteiger partial charge is 0.416 e. The van der Waals surface area contributed by atoms with E-state index in [2.05, 4.69) is 10.6 Å². The van der Waals surface area contributed by atoms with Gasteiger partial charge in [-0.15, -0.1) is 0 Å². The first-order valence-corrected chi connectivity index (χ1v) is 8.26. The molecule has 2 atom stereocenters. The van der Waals surface area contributed by atoms with E-state index in [1.54, 1.807) is 0 Å². The fraction of sp³-hybridized carbons (Fsp3) is 0.588. The fourth-order valence-corrected chi connectivity index (χ4v) is 3.16. The second kappa shape index (κ2) is 6.70. The Labute approximate surface area is 137 Å². The van der Waals surface area contributed by atoms with Crippen molar-refractivity contribution in [2.75, 3.05) is 6.54 Å². The van der Waals surface area contributed by atoms with Gasteiger partial charge in [-0.1, -0.05) is 12.5 Å². The van der Waals surface area contributed by atoms with E-state index in [1.165, 1.54) is 0 Å². The third kappa shape index (κ3) is 3.88. The van der Waals surface area contributed by atoms with Crippen molar-refractivity contribution in [3.8, 4) is 0 Å². The lowest BCUT2D eigenvalue weighted by atomic mass is 9.98. The zero-order valence-corrected chi connectivity index (χ0v) is 13.1. The molecule has 1 saturated heterocycles. The normalized spacial score (nSPS) is 22.9. The zero-order chi connectivity index (χ0) is 17.3. The number of nitrogens with one attached hydrogen (secondary N) is 2. The second-order valence-corrected chi connectivity index (χ2v) is 6.56. The lowest BCUT2D eigenvalue weighted by Crippen LogP contribution is -2.48. The maximum absolute atomic E-state index is 14.2. The molecule has 2 aliphatic rings. The van der Waals surface area contributed by atoms with Crippen molar-refractivity contribution in [2.24, 2.45) is 5.92 Å². The van der Waals surface area contributed by atoms with Crippen molar-refractivity contribution >= 4 is 5.91 Å². The summed E-state index contributed by atoms with van der Waals surface area (Å²) >= 11 is 0. The quantitative estimate of drug-likeness (QED) is 0.820. The van der Waals surface area contributed by atoms with Crippen molar-refractivity contribution in [1.82, 2.24) is 10.6 Å². The van der Waals surface area contributed by atoms with Gasteiger partial charge in [0, 0.05) is 5.56 Å². The van der Waals surface area contributed by atoms with Crippen molar-refractivity contribution in [3.63, 3.8) is 0 Å². The van der Waals surface area contributed by atoms with E-state index in [9.17, 15) is 22.4 Å². The maximum atomic E-state index is 14.2. The Morgan fingerprint density at radius 3 is 2.50 bits per heavy atom. The lowest BCUT2D eigenvalue weighted by Gasteiger charge is -2.26. The van der Waals surface area contributed by atoms with Crippen molar-refractivity contribution in [3.05, 3.63) is 35.1 Å². The third-order valence-corrected chi connectivity index (χ3v) is 4.68. The Balaban J connectivity index is 1.77. The summed E-state index contributed by atoms with van der Waals surface area (Å²) in [6.07, 6.45) is -0.216. The molecule has 1 unspecified atom stereocenters. The van der Waals surface area contributed by atoms with E-state index < -0.39 is 23.6 Å². The molecule has 2 fully saturated rings. The van der Waals surface area contributed by atoms with Gasteiger partial charge in [0.25, 0.3) is 0 Å². The zero-order valence-electron chi connectivity index (χ0n) is 13.1. The summed E-state index contributed by atoms with van der Waals surface area (Å²) in [5.41, 5.74) is -0.881. The molecule has 24 heavy (non-hydrogen) atoms. The van der Waals surface area contributed by atoms with Crippen molar-refractivity contribution < 1.29 is 22.4 Å². The van der Waals surface area contributed by atoms with E-state index in [0.29, 0.717) is 6.07 Å². The van der Waals surface area contributed by atoms with Gasteiger partial charge in [-0.2, -0.15) is 13.2 Å². The molecule has 2 N–H and O–H groups in total. The van der Waals surface area contributed by atoms with Gasteiger partial charge in [-0.05, 0) is 50.3 Å². The van der Waals surface area contributed by atoms with Gasteiger partial charge in [0.05, 0.1) is 17.6 Å². The van der Waals surface area contributed by atoms with Crippen molar-refractivity contribution in [1.29, 1.82) is 0 Å². The predicted molar refractivity (Wildman–Crippen MR) is 80.7 cm³/mol. The molecule has 1 aromatic rings. The van der Waals surface area contributed by atoms with Crippen LogP contribution in [0.2, 0.25) is 0 Å². The number of rotatable bonds is 4. The molecule has 3 rings (SSSR count). The average molecular weight is 344 g/mol. The Bertz CT molecular complexity index is 607. The number of carbonyl (C=O) groups excluding carboxylic acids is 1. The average Bonchev–Trinajstić information content (AvgIpc) is 3.37. The van der Waals surface area contributed by atoms with Crippen LogP contribution in [0.25, 0.3) is 0 Å². The highest BCUT2D eigenvalue weighted by Gasteiger charge is 2.38. The minimum absolute atomic E-state index is 0.0868. The van der Waals surface area contributed by atoms with Gasteiger partial charge in [0.2, 0.25) is 5.91 Å². The molecule has 1 aliphatic carbocycles. The summed E-state index contributed by atoms with van der Waals surface area (Å²) in [6.45, 7) is 0.765. The molecule has 3 nitrogen and oxygen atoms in total. The summed E-state index contributed by atoms with van der Waals surface area (Å²) < 4.78 is 52.3. The van der Waals surface area contributed by atoms with Gasteiger partial charge < -0.3 is 10.6 Å². The molecule has 7 heteroatoms. The molecule has 132 valence electrons. The molecule has 1 amide bonds. The first kappa shape index (κ1) is 17.2. The van der Waals surface area contributed by atoms with Crippen LogP contribution in [0.5, 0.6) is 0 Å². The Morgan fingerprint density at radius 1 is 1.21 bits per heavy atom. The second-order valence-electron chi connectivity index (χ2n) is 6.56. The third-order valence-electron chi connectivity index (χ3n) is 4.68. The van der Waals surface area contributed by atoms with Crippen molar-refractivity contribution in [2.45, 2.75) is 50.4 Å². The monoisotopic (exact) mass is 344 g/mol. The minimum atomic E-state index is -4.58. The van der Waals surface area contributed by atoms with Crippen LogP contribution in [0, 0.1) is 11.7 Å². The molecule has 0 spiro atoms. The molecule has 0 radical (unpaired) electrons. The van der Waals surface area contributed by atoms with Gasteiger partial charge >= 0.3 is 6.18 Å². The molecular formula is C17H20F4N2O. The van der Waals surface area contributed by atoms with E-state index in [0.717, 1.165) is 50.8 Å². The summed E-state index contributed by atoms with van der Waals surface area (Å²) in [5.74, 6) is -1.03. The van der Waals surface area contributed by atoms with E-state index >= 15 is 0 Å². The predicted octanol–water partition coefficient (Wildman–Crippen LogP) is 3.55. The van der Waals surface area contributed by atoms with E-state index in [1.807, 2.05) is 0 Å². The van der Waals surface area contributed by atoms with Crippen LogP contribution in [0.1, 0.15) is 49.3 Å². The smallest absolute Gasteiger partial charge is 0.348 e. The number of piperidine rings is 1. The van der Waals surface area contributed by atoms with Crippen LogP contribution >= 0.6 is 0 Å². The molecule has 1 aromatic carbocycles. The highest BCUT2D eigenvalue weighted by molar-refractivity contribution is 5.82. The van der Waals surface area contributed by atoms with E-state index in [4.69, 9.17) is 0 Å². The number of hydrogen-bond donors (Lipinski definition) is 2. The van der Waals surface area contributed by atoms with Gasteiger partial charge in [-0.3, -0.25) is 4.79 Å². The van der Waals surface area contributed by atoms with Crippen LogP contribution < -0.4 is 10.6 Å². The summed E-state index contributed by atoms with van der Waals surface area (Å²) in [5, 5.41) is 5.97. The first-order valence-electron chi connectivity index (χ1n) is 8.26. The van der Waals surface area contributed by atoms with Gasteiger partial charge in [0.1, 0.15) is 5.82 Å². The number of halogens is 4. The maximum Gasteiger partial charge on any atom is 0.416 e. The number of alkyl halides is 3. The highest BCUT2D eigenvalue weighted by atomic mass is 19.4.